The molecule has 5 heteroatoms. The molecule has 1 heterocycles. The molecule has 2 N–H and O–H groups in total. The van der Waals surface area contributed by atoms with Crippen molar-refractivity contribution in [3.63, 3.8) is 0 Å². The Morgan fingerprint density at radius 3 is 2.79 bits per heavy atom. The molecule has 76 valence electrons. The third-order valence-electron chi connectivity index (χ3n) is 1.70. The van der Waals surface area contributed by atoms with Crippen LogP contribution >= 0.6 is 11.6 Å². The smallest absolute Gasteiger partial charge is 0.306 e. The lowest BCUT2D eigenvalue weighted by atomic mass is 10.1. The molecule has 0 bridgehead atoms. The van der Waals surface area contributed by atoms with Crippen LogP contribution in [0.2, 0.25) is 5.15 Å². The SMILES string of the molecule is Cc1cc([C@H](O)CC(=O)O)cc(Cl)n1. The van der Waals surface area contributed by atoms with E-state index in [4.69, 9.17) is 16.7 Å². The predicted molar refractivity (Wildman–Crippen MR) is 51.2 cm³/mol. The van der Waals surface area contributed by atoms with Gasteiger partial charge < -0.3 is 10.2 Å². The minimum atomic E-state index is -1.05. The Balaban J connectivity index is 2.89. The van der Waals surface area contributed by atoms with Gasteiger partial charge in [-0.2, -0.15) is 0 Å². The third-order valence-corrected chi connectivity index (χ3v) is 1.89. The van der Waals surface area contributed by atoms with Crippen LogP contribution in [0.5, 0.6) is 0 Å². The first kappa shape index (κ1) is 10.9. The van der Waals surface area contributed by atoms with Crippen molar-refractivity contribution in [2.24, 2.45) is 0 Å². The number of pyridine rings is 1. The summed E-state index contributed by atoms with van der Waals surface area (Å²) in [6.07, 6.45) is -1.37. The van der Waals surface area contributed by atoms with Gasteiger partial charge in [-0.1, -0.05) is 11.6 Å². The van der Waals surface area contributed by atoms with Gasteiger partial charge >= 0.3 is 5.97 Å². The van der Waals surface area contributed by atoms with Gasteiger partial charge in [0.05, 0.1) is 12.5 Å². The number of carboxylic acids is 1. The predicted octanol–water partition coefficient (Wildman–Crippen LogP) is 1.55. The Morgan fingerprint density at radius 2 is 2.29 bits per heavy atom. The number of nitrogens with zero attached hydrogens (tertiary/aromatic N) is 1. The van der Waals surface area contributed by atoms with Crippen molar-refractivity contribution in [3.05, 3.63) is 28.5 Å². The fraction of sp³-hybridized carbons (Fsp3) is 0.333. The van der Waals surface area contributed by atoms with Gasteiger partial charge in [0.1, 0.15) is 5.15 Å². The van der Waals surface area contributed by atoms with E-state index < -0.39 is 12.1 Å². The van der Waals surface area contributed by atoms with Gasteiger partial charge in [-0.15, -0.1) is 0 Å². The highest BCUT2D eigenvalue weighted by Crippen LogP contribution is 2.20. The lowest BCUT2D eigenvalue weighted by Crippen LogP contribution is -2.06. The quantitative estimate of drug-likeness (QED) is 0.751. The minimum Gasteiger partial charge on any atom is -0.481 e. The number of aliphatic hydroxyl groups is 1. The number of hydrogen-bond donors (Lipinski definition) is 2. The van der Waals surface area contributed by atoms with Crippen molar-refractivity contribution in [2.45, 2.75) is 19.4 Å². The maximum atomic E-state index is 10.3. The van der Waals surface area contributed by atoms with Gasteiger partial charge in [0.15, 0.2) is 0 Å². The van der Waals surface area contributed by atoms with Crippen LogP contribution in [0.4, 0.5) is 0 Å². The molecule has 0 aliphatic carbocycles. The number of halogens is 1. The Hall–Kier alpha value is -1.13. The molecule has 0 saturated carbocycles. The van der Waals surface area contributed by atoms with Crippen LogP contribution in [0.15, 0.2) is 12.1 Å². The summed E-state index contributed by atoms with van der Waals surface area (Å²) in [5.74, 6) is -1.05. The summed E-state index contributed by atoms with van der Waals surface area (Å²) in [5.41, 5.74) is 1.13. The summed E-state index contributed by atoms with van der Waals surface area (Å²) in [4.78, 5) is 14.2. The maximum Gasteiger partial charge on any atom is 0.306 e. The third kappa shape index (κ3) is 2.97. The summed E-state index contributed by atoms with van der Waals surface area (Å²) >= 11 is 5.66. The molecule has 1 atom stereocenters. The molecule has 0 fully saturated rings. The van der Waals surface area contributed by atoms with E-state index in [1.54, 1.807) is 13.0 Å². The van der Waals surface area contributed by atoms with Gasteiger partial charge in [0, 0.05) is 5.69 Å². The molecule has 0 aliphatic rings. The van der Waals surface area contributed by atoms with E-state index >= 15 is 0 Å². The van der Waals surface area contributed by atoms with E-state index in [0.717, 1.165) is 0 Å². The first-order valence-corrected chi connectivity index (χ1v) is 4.41. The highest BCUT2D eigenvalue weighted by atomic mass is 35.5. The fourth-order valence-electron chi connectivity index (χ4n) is 1.13. The van der Waals surface area contributed by atoms with Crippen LogP contribution in [-0.4, -0.2) is 21.2 Å². The number of aryl methyl sites for hydroxylation is 1. The van der Waals surface area contributed by atoms with Gasteiger partial charge in [0.25, 0.3) is 0 Å². The van der Waals surface area contributed by atoms with Crippen molar-refractivity contribution in [1.29, 1.82) is 0 Å². The Morgan fingerprint density at radius 1 is 1.64 bits per heavy atom. The second-order valence-electron chi connectivity index (χ2n) is 2.98. The maximum absolute atomic E-state index is 10.3. The van der Waals surface area contributed by atoms with Gasteiger partial charge in [-0.05, 0) is 24.6 Å². The van der Waals surface area contributed by atoms with E-state index in [-0.39, 0.29) is 11.6 Å². The topological polar surface area (TPSA) is 70.4 Å². The zero-order valence-corrected chi connectivity index (χ0v) is 8.32. The van der Waals surface area contributed by atoms with E-state index in [1.165, 1.54) is 6.07 Å². The minimum absolute atomic E-state index is 0.254. The molecule has 14 heavy (non-hydrogen) atoms. The summed E-state index contributed by atoms with van der Waals surface area (Å²) in [5, 5.41) is 18.2. The molecular formula is C9H10ClNO3. The summed E-state index contributed by atoms with van der Waals surface area (Å²) in [6, 6.07) is 3.07. The molecule has 0 amide bonds. The number of carboxylic acid groups (broad SMARTS) is 1. The molecule has 0 aromatic carbocycles. The number of aromatic nitrogens is 1. The fourth-order valence-corrected chi connectivity index (χ4v) is 1.39. The normalized spacial score (nSPS) is 12.5. The van der Waals surface area contributed by atoms with Crippen molar-refractivity contribution in [1.82, 2.24) is 4.98 Å². The molecule has 4 nitrogen and oxygen atoms in total. The monoisotopic (exact) mass is 215 g/mol. The number of hydrogen-bond acceptors (Lipinski definition) is 3. The molecule has 0 saturated heterocycles. The van der Waals surface area contributed by atoms with E-state index in [0.29, 0.717) is 11.3 Å². The molecule has 0 unspecified atom stereocenters. The zero-order valence-electron chi connectivity index (χ0n) is 7.57. The summed E-state index contributed by atoms with van der Waals surface area (Å²) < 4.78 is 0. The molecular weight excluding hydrogens is 206 g/mol. The Kier molecular flexibility index (Phi) is 3.43. The van der Waals surface area contributed by atoms with E-state index in [9.17, 15) is 9.90 Å². The summed E-state index contributed by atoms with van der Waals surface area (Å²) in [7, 11) is 0. The average Bonchev–Trinajstić information content (AvgIpc) is 2.00. The van der Waals surface area contributed by atoms with Gasteiger partial charge in [0.2, 0.25) is 0 Å². The van der Waals surface area contributed by atoms with Crippen molar-refractivity contribution < 1.29 is 15.0 Å². The van der Waals surface area contributed by atoms with Crippen LogP contribution in [0.25, 0.3) is 0 Å². The zero-order chi connectivity index (χ0) is 10.7. The molecule has 1 aromatic rings. The second kappa shape index (κ2) is 4.39. The van der Waals surface area contributed by atoms with E-state index in [2.05, 4.69) is 4.98 Å². The first-order chi connectivity index (χ1) is 6.49. The molecule has 0 aliphatic heterocycles. The van der Waals surface area contributed by atoms with Crippen LogP contribution in [-0.2, 0) is 4.79 Å². The van der Waals surface area contributed by atoms with Gasteiger partial charge in [-0.3, -0.25) is 4.79 Å². The molecule has 0 radical (unpaired) electrons. The van der Waals surface area contributed by atoms with Crippen molar-refractivity contribution in [2.75, 3.05) is 0 Å². The Labute approximate surface area is 86.2 Å². The number of aliphatic carboxylic acids is 1. The van der Waals surface area contributed by atoms with Crippen molar-refractivity contribution in [3.8, 4) is 0 Å². The first-order valence-electron chi connectivity index (χ1n) is 4.03. The average molecular weight is 216 g/mol. The largest absolute Gasteiger partial charge is 0.481 e. The van der Waals surface area contributed by atoms with Gasteiger partial charge in [-0.25, -0.2) is 4.98 Å². The standard InChI is InChI=1S/C9H10ClNO3/c1-5-2-6(3-8(10)11-5)7(12)4-9(13)14/h2-3,7,12H,4H2,1H3,(H,13,14)/t7-/m1/s1. The van der Waals surface area contributed by atoms with Crippen LogP contribution < -0.4 is 0 Å². The second-order valence-corrected chi connectivity index (χ2v) is 3.37. The Bertz CT molecular complexity index is 334. The van der Waals surface area contributed by atoms with E-state index in [1.807, 2.05) is 0 Å². The van der Waals surface area contributed by atoms with Crippen LogP contribution in [0, 0.1) is 6.92 Å². The molecule has 0 spiro atoms. The van der Waals surface area contributed by atoms with Crippen LogP contribution in [0.1, 0.15) is 23.8 Å². The molecule has 1 rings (SSSR count). The highest BCUT2D eigenvalue weighted by Gasteiger charge is 2.13. The lowest BCUT2D eigenvalue weighted by molar-refractivity contribution is -0.139. The highest BCUT2D eigenvalue weighted by molar-refractivity contribution is 6.29. The number of rotatable bonds is 3. The van der Waals surface area contributed by atoms with Crippen molar-refractivity contribution >= 4 is 17.6 Å². The van der Waals surface area contributed by atoms with Crippen LogP contribution in [0.3, 0.4) is 0 Å². The lowest BCUT2D eigenvalue weighted by Gasteiger charge is -2.08. The summed E-state index contributed by atoms with van der Waals surface area (Å²) in [6.45, 7) is 1.73. The number of carbonyl (C=O) groups is 1. The molecule has 1 aromatic heterocycles. The number of aliphatic hydroxyl groups excluding tert-OH is 1.